The number of imidazole rings is 1. The van der Waals surface area contributed by atoms with Crippen LogP contribution < -0.4 is 10.3 Å². The number of aromatic nitrogens is 3. The molecule has 0 N–H and O–H groups in total. The van der Waals surface area contributed by atoms with E-state index in [4.69, 9.17) is 4.74 Å². The van der Waals surface area contributed by atoms with Gasteiger partial charge in [0.05, 0.1) is 12.2 Å². The molecule has 5 aromatic rings. The lowest BCUT2D eigenvalue weighted by Gasteiger charge is -2.11. The minimum Gasteiger partial charge on any atom is -0.492 e. The van der Waals surface area contributed by atoms with Gasteiger partial charge in [-0.25, -0.2) is 4.98 Å². The predicted octanol–water partition coefficient (Wildman–Crippen LogP) is 5.30. The first-order valence-corrected chi connectivity index (χ1v) is 11.0. The van der Waals surface area contributed by atoms with Crippen LogP contribution in [0.1, 0.15) is 5.82 Å². The second-order valence-electron chi connectivity index (χ2n) is 7.25. The van der Waals surface area contributed by atoms with Crippen molar-refractivity contribution in [2.24, 2.45) is 0 Å². The van der Waals surface area contributed by atoms with Gasteiger partial charge in [0.25, 0.3) is 5.56 Å². The number of benzene rings is 2. The standard InChI is InChI=1S/C25H21N3O2S/c1-18-26-13-14-27(18)15-16-30-21-9-7-20(8-10-21)28-24(29)12-11-22-23(17-31-25(22)28)19-5-3-2-4-6-19/h2-14,17H,15-16H2,1H3. The molecule has 0 bridgehead atoms. The second-order valence-corrected chi connectivity index (χ2v) is 8.11. The molecule has 31 heavy (non-hydrogen) atoms. The largest absolute Gasteiger partial charge is 0.492 e. The molecule has 3 aromatic heterocycles. The fraction of sp³-hybridized carbons (Fsp3) is 0.120. The fourth-order valence-electron chi connectivity index (χ4n) is 3.70. The monoisotopic (exact) mass is 427 g/mol. The molecule has 0 saturated carbocycles. The Morgan fingerprint density at radius 3 is 2.55 bits per heavy atom. The summed E-state index contributed by atoms with van der Waals surface area (Å²) in [6.45, 7) is 3.27. The molecule has 154 valence electrons. The summed E-state index contributed by atoms with van der Waals surface area (Å²) in [5.74, 6) is 1.75. The van der Waals surface area contributed by atoms with Crippen LogP contribution in [-0.4, -0.2) is 20.7 Å². The van der Waals surface area contributed by atoms with Gasteiger partial charge < -0.3 is 9.30 Å². The van der Waals surface area contributed by atoms with E-state index in [2.05, 4.69) is 27.1 Å². The van der Waals surface area contributed by atoms with Crippen molar-refractivity contribution in [3.05, 3.63) is 101 Å². The first-order valence-electron chi connectivity index (χ1n) is 10.1. The van der Waals surface area contributed by atoms with Crippen LogP contribution in [0.15, 0.2) is 89.3 Å². The molecule has 5 nitrogen and oxygen atoms in total. The number of nitrogens with zero attached hydrogens (tertiary/aromatic N) is 3. The molecule has 0 aliphatic carbocycles. The van der Waals surface area contributed by atoms with E-state index in [1.807, 2.05) is 61.7 Å². The van der Waals surface area contributed by atoms with Crippen LogP contribution in [0.4, 0.5) is 0 Å². The minimum absolute atomic E-state index is 0.0433. The number of ether oxygens (including phenoxy) is 1. The van der Waals surface area contributed by atoms with Crippen molar-refractivity contribution in [1.82, 2.24) is 14.1 Å². The molecular formula is C25H21N3O2S. The van der Waals surface area contributed by atoms with Crippen LogP contribution in [0.3, 0.4) is 0 Å². The smallest absolute Gasteiger partial charge is 0.256 e. The lowest BCUT2D eigenvalue weighted by Crippen LogP contribution is -2.16. The van der Waals surface area contributed by atoms with Crippen molar-refractivity contribution in [2.75, 3.05) is 6.61 Å². The Morgan fingerprint density at radius 1 is 1.00 bits per heavy atom. The van der Waals surface area contributed by atoms with E-state index in [-0.39, 0.29) is 5.56 Å². The van der Waals surface area contributed by atoms with E-state index in [1.165, 1.54) is 0 Å². The SMILES string of the molecule is Cc1nccn1CCOc1ccc(-n2c(=O)ccc3c(-c4ccccc4)csc32)cc1. The maximum Gasteiger partial charge on any atom is 0.256 e. The zero-order valence-corrected chi connectivity index (χ0v) is 17.9. The highest BCUT2D eigenvalue weighted by molar-refractivity contribution is 7.17. The van der Waals surface area contributed by atoms with Gasteiger partial charge >= 0.3 is 0 Å². The number of fused-ring (bicyclic) bond motifs is 1. The molecule has 5 rings (SSSR count). The molecule has 0 radical (unpaired) electrons. The average Bonchev–Trinajstić information content (AvgIpc) is 3.41. The summed E-state index contributed by atoms with van der Waals surface area (Å²) >= 11 is 1.59. The molecule has 0 atom stereocenters. The third kappa shape index (κ3) is 3.78. The molecule has 0 aliphatic rings. The molecule has 0 fully saturated rings. The summed E-state index contributed by atoms with van der Waals surface area (Å²) < 4.78 is 9.69. The molecule has 0 spiro atoms. The summed E-state index contributed by atoms with van der Waals surface area (Å²) in [7, 11) is 0. The number of hydrogen-bond acceptors (Lipinski definition) is 4. The van der Waals surface area contributed by atoms with Crippen LogP contribution >= 0.6 is 11.3 Å². The predicted molar refractivity (Wildman–Crippen MR) is 125 cm³/mol. The molecule has 0 amide bonds. The van der Waals surface area contributed by atoms with Gasteiger partial charge in [-0.05, 0) is 42.8 Å². The van der Waals surface area contributed by atoms with Crippen LogP contribution in [0.2, 0.25) is 0 Å². The molecular weight excluding hydrogens is 406 g/mol. The minimum atomic E-state index is -0.0433. The lowest BCUT2D eigenvalue weighted by atomic mass is 10.1. The Morgan fingerprint density at radius 2 is 1.81 bits per heavy atom. The van der Waals surface area contributed by atoms with Gasteiger partial charge in [0.1, 0.15) is 23.0 Å². The van der Waals surface area contributed by atoms with Crippen molar-refractivity contribution in [3.63, 3.8) is 0 Å². The number of rotatable bonds is 6. The molecule has 6 heteroatoms. The summed E-state index contributed by atoms with van der Waals surface area (Å²) in [5.41, 5.74) is 3.08. The van der Waals surface area contributed by atoms with Crippen LogP contribution in [0, 0.1) is 6.92 Å². The maximum atomic E-state index is 12.7. The Kier molecular flexibility index (Phi) is 5.14. The topological polar surface area (TPSA) is 49.0 Å². The van der Waals surface area contributed by atoms with Crippen molar-refractivity contribution in [2.45, 2.75) is 13.5 Å². The van der Waals surface area contributed by atoms with Gasteiger partial charge in [-0.15, -0.1) is 11.3 Å². The number of pyridine rings is 1. The van der Waals surface area contributed by atoms with E-state index in [9.17, 15) is 4.79 Å². The third-order valence-electron chi connectivity index (χ3n) is 5.33. The molecule has 2 aromatic carbocycles. The second kappa shape index (κ2) is 8.24. The quantitative estimate of drug-likeness (QED) is 0.369. The Bertz CT molecular complexity index is 1380. The normalized spacial score (nSPS) is 11.1. The van der Waals surface area contributed by atoms with Crippen molar-refractivity contribution < 1.29 is 4.74 Å². The molecule has 0 saturated heterocycles. The Hall–Kier alpha value is -3.64. The van der Waals surface area contributed by atoms with Crippen LogP contribution in [0.5, 0.6) is 5.75 Å². The van der Waals surface area contributed by atoms with Gasteiger partial charge in [0.2, 0.25) is 0 Å². The number of aryl methyl sites for hydroxylation is 1. The molecule has 3 heterocycles. The summed E-state index contributed by atoms with van der Waals surface area (Å²) in [4.78, 5) is 17.9. The molecule has 0 unspecified atom stereocenters. The summed E-state index contributed by atoms with van der Waals surface area (Å²) in [5, 5.41) is 3.19. The summed E-state index contributed by atoms with van der Waals surface area (Å²) in [6.07, 6.45) is 3.73. The lowest BCUT2D eigenvalue weighted by molar-refractivity contribution is 0.297. The van der Waals surface area contributed by atoms with E-state index < -0.39 is 0 Å². The molecule has 0 aliphatic heterocycles. The van der Waals surface area contributed by atoms with Gasteiger partial charge in [-0.2, -0.15) is 0 Å². The highest BCUT2D eigenvalue weighted by Crippen LogP contribution is 2.34. The number of hydrogen-bond donors (Lipinski definition) is 0. The highest BCUT2D eigenvalue weighted by Gasteiger charge is 2.12. The fourth-order valence-corrected chi connectivity index (χ4v) is 4.80. The Labute approximate surface area is 183 Å². The zero-order chi connectivity index (χ0) is 21.2. The van der Waals surface area contributed by atoms with Crippen molar-refractivity contribution in [3.8, 4) is 22.6 Å². The first kappa shape index (κ1) is 19.3. The third-order valence-corrected chi connectivity index (χ3v) is 6.31. The van der Waals surface area contributed by atoms with Crippen molar-refractivity contribution in [1.29, 1.82) is 0 Å². The van der Waals surface area contributed by atoms with Gasteiger partial charge in [0.15, 0.2) is 0 Å². The van der Waals surface area contributed by atoms with Crippen LogP contribution in [-0.2, 0) is 6.54 Å². The van der Waals surface area contributed by atoms with E-state index in [0.717, 1.165) is 45.1 Å². The van der Waals surface area contributed by atoms with Gasteiger partial charge in [-0.1, -0.05) is 30.3 Å². The van der Waals surface area contributed by atoms with E-state index in [1.54, 1.807) is 28.2 Å². The zero-order valence-electron chi connectivity index (χ0n) is 17.1. The van der Waals surface area contributed by atoms with E-state index >= 15 is 0 Å². The summed E-state index contributed by atoms with van der Waals surface area (Å²) in [6, 6.07) is 21.5. The van der Waals surface area contributed by atoms with E-state index in [0.29, 0.717) is 6.61 Å². The van der Waals surface area contributed by atoms with Gasteiger partial charge in [0, 0.05) is 34.8 Å². The average molecular weight is 428 g/mol. The number of thiophene rings is 1. The van der Waals surface area contributed by atoms with Crippen LogP contribution in [0.25, 0.3) is 27.0 Å². The van der Waals surface area contributed by atoms with Gasteiger partial charge in [-0.3, -0.25) is 9.36 Å². The van der Waals surface area contributed by atoms with Crippen molar-refractivity contribution >= 4 is 21.6 Å². The highest BCUT2D eigenvalue weighted by atomic mass is 32.1. The first-order chi connectivity index (χ1) is 15.2. The maximum absolute atomic E-state index is 12.7. The Balaban J connectivity index is 1.41.